The maximum atomic E-state index is 12.7. The Balaban J connectivity index is 1.69. The second-order valence-corrected chi connectivity index (χ2v) is 6.80. The van der Waals surface area contributed by atoms with Crippen molar-refractivity contribution in [3.8, 4) is 0 Å². The highest BCUT2D eigenvalue weighted by Crippen LogP contribution is 2.24. The van der Waals surface area contributed by atoms with Gasteiger partial charge in [-0.05, 0) is 24.6 Å². The van der Waals surface area contributed by atoms with Crippen molar-refractivity contribution in [1.29, 1.82) is 0 Å². The normalized spacial score (nSPS) is 18.2. The third kappa shape index (κ3) is 3.62. The zero-order valence-electron chi connectivity index (χ0n) is 13.5. The smallest absolute Gasteiger partial charge is 0.255 e. The predicted octanol–water partition coefficient (Wildman–Crippen LogP) is 3.08. The van der Waals surface area contributed by atoms with E-state index in [4.69, 9.17) is 0 Å². The molecule has 0 aromatic heterocycles. The number of thioether (sulfide) groups is 1. The van der Waals surface area contributed by atoms with Gasteiger partial charge in [0, 0.05) is 11.3 Å². The van der Waals surface area contributed by atoms with Crippen LogP contribution in [0.15, 0.2) is 60.7 Å². The highest BCUT2D eigenvalue weighted by Gasteiger charge is 2.35. The summed E-state index contributed by atoms with van der Waals surface area (Å²) in [5.74, 6) is 0.992. The summed E-state index contributed by atoms with van der Waals surface area (Å²) in [6.07, 6.45) is 0. The first-order valence-corrected chi connectivity index (χ1v) is 9.11. The zero-order chi connectivity index (χ0) is 16.9. The van der Waals surface area contributed by atoms with E-state index in [1.165, 1.54) is 0 Å². The van der Waals surface area contributed by atoms with Crippen molar-refractivity contribution in [2.24, 2.45) is 0 Å². The van der Waals surface area contributed by atoms with E-state index in [2.05, 4.69) is 5.32 Å². The number of carbonyl (C=O) groups excluding carboxylic acids is 2. The lowest BCUT2D eigenvalue weighted by Gasteiger charge is -2.25. The van der Waals surface area contributed by atoms with Gasteiger partial charge in [0.05, 0.1) is 11.9 Å². The second-order valence-electron chi connectivity index (χ2n) is 5.80. The fraction of sp³-hybridized carbons (Fsp3) is 0.263. The van der Waals surface area contributed by atoms with Crippen LogP contribution in [-0.2, 0) is 4.79 Å². The minimum Gasteiger partial charge on any atom is -0.348 e. The highest BCUT2D eigenvalue weighted by atomic mass is 32.2. The quantitative estimate of drug-likeness (QED) is 0.930. The molecule has 124 valence electrons. The lowest BCUT2D eigenvalue weighted by molar-refractivity contribution is -0.125. The Morgan fingerprint density at radius 2 is 1.71 bits per heavy atom. The maximum absolute atomic E-state index is 12.7. The largest absolute Gasteiger partial charge is 0.348 e. The summed E-state index contributed by atoms with van der Waals surface area (Å²) in [4.78, 5) is 27.0. The number of benzene rings is 2. The highest BCUT2D eigenvalue weighted by molar-refractivity contribution is 7.99. The van der Waals surface area contributed by atoms with Crippen molar-refractivity contribution in [1.82, 2.24) is 10.2 Å². The van der Waals surface area contributed by atoms with Gasteiger partial charge in [-0.25, -0.2) is 0 Å². The van der Waals surface area contributed by atoms with E-state index in [0.29, 0.717) is 17.2 Å². The summed E-state index contributed by atoms with van der Waals surface area (Å²) in [6.45, 7) is 1.96. The molecule has 2 aromatic carbocycles. The van der Waals surface area contributed by atoms with E-state index in [-0.39, 0.29) is 17.9 Å². The lowest BCUT2D eigenvalue weighted by Crippen LogP contribution is -2.47. The van der Waals surface area contributed by atoms with Crippen LogP contribution in [0.2, 0.25) is 0 Å². The Hall–Kier alpha value is -2.27. The monoisotopic (exact) mass is 340 g/mol. The van der Waals surface area contributed by atoms with Gasteiger partial charge >= 0.3 is 0 Å². The van der Waals surface area contributed by atoms with Crippen molar-refractivity contribution >= 4 is 23.6 Å². The summed E-state index contributed by atoms with van der Waals surface area (Å²) in [5.41, 5.74) is 1.67. The summed E-state index contributed by atoms with van der Waals surface area (Å²) in [5, 5.41) is 3.03. The average Bonchev–Trinajstić information content (AvgIpc) is 3.12. The lowest BCUT2D eigenvalue weighted by atomic mass is 10.1. The maximum Gasteiger partial charge on any atom is 0.255 e. The van der Waals surface area contributed by atoms with Crippen LogP contribution < -0.4 is 5.32 Å². The number of hydrogen-bond donors (Lipinski definition) is 1. The third-order valence-electron chi connectivity index (χ3n) is 4.12. The fourth-order valence-corrected chi connectivity index (χ4v) is 3.90. The summed E-state index contributed by atoms with van der Waals surface area (Å²) in [7, 11) is 0. The minimum atomic E-state index is -0.422. The molecule has 4 nitrogen and oxygen atoms in total. The van der Waals surface area contributed by atoms with Crippen LogP contribution in [-0.4, -0.2) is 34.4 Å². The molecule has 1 fully saturated rings. The van der Waals surface area contributed by atoms with Crippen molar-refractivity contribution in [3.63, 3.8) is 0 Å². The van der Waals surface area contributed by atoms with Gasteiger partial charge in [-0.2, -0.15) is 0 Å². The molecule has 3 rings (SSSR count). The molecule has 0 aliphatic carbocycles. The van der Waals surface area contributed by atoms with Crippen LogP contribution in [0.5, 0.6) is 0 Å². The first kappa shape index (κ1) is 16.6. The number of nitrogens with one attached hydrogen (secondary N) is 1. The van der Waals surface area contributed by atoms with Gasteiger partial charge in [-0.3, -0.25) is 9.59 Å². The van der Waals surface area contributed by atoms with Gasteiger partial charge in [0.2, 0.25) is 5.91 Å². The zero-order valence-corrected chi connectivity index (χ0v) is 14.3. The van der Waals surface area contributed by atoms with E-state index in [1.54, 1.807) is 28.8 Å². The minimum absolute atomic E-state index is 0.0852. The fourth-order valence-electron chi connectivity index (χ4n) is 2.74. The Bertz CT molecular complexity index is 706. The average molecular weight is 340 g/mol. The van der Waals surface area contributed by atoms with Crippen LogP contribution in [0.4, 0.5) is 0 Å². The van der Waals surface area contributed by atoms with Crippen molar-refractivity contribution in [2.75, 3.05) is 11.6 Å². The summed E-state index contributed by atoms with van der Waals surface area (Å²) < 4.78 is 0. The Morgan fingerprint density at radius 3 is 2.38 bits per heavy atom. The number of hydrogen-bond acceptors (Lipinski definition) is 3. The molecule has 2 amide bonds. The standard InChI is InChI=1S/C19H20N2O2S/c1-14(15-8-4-2-5-9-15)20-18(22)17-12-24-13-21(17)19(23)16-10-6-3-7-11-16/h2-11,14,17H,12-13H2,1H3,(H,20,22)/t14-,17?/m1/s1. The molecule has 1 aliphatic rings. The van der Waals surface area contributed by atoms with E-state index in [0.717, 1.165) is 5.56 Å². The molecule has 1 aliphatic heterocycles. The molecule has 0 bridgehead atoms. The topological polar surface area (TPSA) is 49.4 Å². The van der Waals surface area contributed by atoms with Gasteiger partial charge in [0.1, 0.15) is 6.04 Å². The van der Waals surface area contributed by atoms with E-state index >= 15 is 0 Å². The van der Waals surface area contributed by atoms with E-state index in [1.807, 2.05) is 55.5 Å². The molecule has 2 atom stereocenters. The second kappa shape index (κ2) is 7.53. The van der Waals surface area contributed by atoms with Gasteiger partial charge in [-0.1, -0.05) is 48.5 Å². The molecule has 1 N–H and O–H groups in total. The molecule has 24 heavy (non-hydrogen) atoms. The molecule has 0 spiro atoms. The Kier molecular flexibility index (Phi) is 5.20. The van der Waals surface area contributed by atoms with Crippen LogP contribution >= 0.6 is 11.8 Å². The van der Waals surface area contributed by atoms with Crippen molar-refractivity contribution < 1.29 is 9.59 Å². The third-order valence-corrected chi connectivity index (χ3v) is 5.14. The van der Waals surface area contributed by atoms with E-state index < -0.39 is 6.04 Å². The molecule has 5 heteroatoms. The Labute approximate surface area is 146 Å². The van der Waals surface area contributed by atoms with Crippen LogP contribution in [0.3, 0.4) is 0 Å². The van der Waals surface area contributed by atoms with Gasteiger partial charge < -0.3 is 10.2 Å². The molecule has 1 unspecified atom stereocenters. The number of nitrogens with zero attached hydrogens (tertiary/aromatic N) is 1. The first-order chi connectivity index (χ1) is 11.7. The Morgan fingerprint density at radius 1 is 1.08 bits per heavy atom. The van der Waals surface area contributed by atoms with Crippen molar-refractivity contribution in [2.45, 2.75) is 19.0 Å². The molecule has 2 aromatic rings. The van der Waals surface area contributed by atoms with Crippen LogP contribution in [0.1, 0.15) is 28.9 Å². The molecule has 0 saturated carbocycles. The SMILES string of the molecule is C[C@@H](NC(=O)C1CSCN1C(=O)c1ccccc1)c1ccccc1. The van der Waals surface area contributed by atoms with Crippen LogP contribution in [0.25, 0.3) is 0 Å². The number of amides is 2. The number of rotatable bonds is 4. The molecular formula is C19H20N2O2S. The van der Waals surface area contributed by atoms with Gasteiger partial charge in [0.25, 0.3) is 5.91 Å². The molecule has 1 heterocycles. The molecule has 0 radical (unpaired) electrons. The molecule has 1 saturated heterocycles. The van der Waals surface area contributed by atoms with Crippen LogP contribution in [0, 0.1) is 0 Å². The van der Waals surface area contributed by atoms with Gasteiger partial charge in [0.15, 0.2) is 0 Å². The molecular weight excluding hydrogens is 320 g/mol. The summed E-state index contributed by atoms with van der Waals surface area (Å²) in [6, 6.07) is 18.4. The van der Waals surface area contributed by atoms with Crippen molar-refractivity contribution in [3.05, 3.63) is 71.8 Å². The number of carbonyl (C=O) groups is 2. The van der Waals surface area contributed by atoms with E-state index in [9.17, 15) is 9.59 Å². The predicted molar refractivity (Wildman–Crippen MR) is 96.7 cm³/mol. The van der Waals surface area contributed by atoms with Gasteiger partial charge in [-0.15, -0.1) is 11.8 Å². The summed E-state index contributed by atoms with van der Waals surface area (Å²) >= 11 is 1.61. The first-order valence-electron chi connectivity index (χ1n) is 7.96.